The van der Waals surface area contributed by atoms with E-state index in [2.05, 4.69) is 29.4 Å². The van der Waals surface area contributed by atoms with Crippen LogP contribution in [0.15, 0.2) is 24.3 Å². The number of benzene rings is 1. The molecular weight excluding hydrogens is 498 g/mol. The molecule has 0 spiro atoms. The number of likely N-dealkylation sites (tertiary alicyclic amines) is 1. The number of aliphatic hydroxyl groups excluding tert-OH is 1. The Balaban J connectivity index is 1.83. The van der Waals surface area contributed by atoms with Crippen LogP contribution in [-0.4, -0.2) is 85.9 Å². The summed E-state index contributed by atoms with van der Waals surface area (Å²) >= 11 is 0. The average Bonchev–Trinajstić information content (AvgIpc) is 3.34. The van der Waals surface area contributed by atoms with E-state index in [0.29, 0.717) is 42.8 Å². The molecule has 2 atom stereocenters. The summed E-state index contributed by atoms with van der Waals surface area (Å²) in [4.78, 5) is 15.1. The smallest absolute Gasteiger partial charge is 0.221 e. The number of piperidine rings is 1. The number of amides is 1. The number of nitrogens with one attached hydrogen (secondary N) is 2. The Morgan fingerprint density at radius 3 is 2.41 bits per heavy atom. The molecule has 2 aromatic rings. The molecule has 3 rings (SSSR count). The zero-order valence-corrected chi connectivity index (χ0v) is 24.2. The van der Waals surface area contributed by atoms with Gasteiger partial charge in [0.15, 0.2) is 0 Å². The van der Waals surface area contributed by atoms with E-state index in [0.717, 1.165) is 37.3 Å². The fourth-order valence-electron chi connectivity index (χ4n) is 5.02. The molecule has 39 heavy (non-hydrogen) atoms. The van der Waals surface area contributed by atoms with E-state index < -0.39 is 6.23 Å². The fourth-order valence-corrected chi connectivity index (χ4v) is 5.02. The summed E-state index contributed by atoms with van der Waals surface area (Å²) in [6.07, 6.45) is 3.65. The number of methoxy groups -OCH3 is 3. The summed E-state index contributed by atoms with van der Waals surface area (Å²) < 4.78 is 18.3. The minimum atomic E-state index is -1.05. The lowest BCUT2D eigenvalue weighted by molar-refractivity contribution is -0.122. The number of hydrogen-bond acceptors (Lipinski definition) is 8. The molecule has 0 aliphatic carbocycles. The van der Waals surface area contributed by atoms with Gasteiger partial charge in [0.05, 0.1) is 32.1 Å². The van der Waals surface area contributed by atoms with Crippen molar-refractivity contribution in [1.29, 1.82) is 0 Å². The largest absolute Gasteiger partial charge is 0.496 e. The molecule has 1 aromatic heterocycles. The molecule has 1 unspecified atom stereocenters. The molecule has 3 N–H and O–H groups in total. The van der Waals surface area contributed by atoms with Gasteiger partial charge in [0, 0.05) is 32.7 Å². The number of hydrogen-bond donors (Lipinski definition) is 3. The third kappa shape index (κ3) is 9.20. The van der Waals surface area contributed by atoms with Crippen LogP contribution in [0.4, 0.5) is 0 Å². The molecule has 0 radical (unpaired) electrons. The minimum absolute atomic E-state index is 0.0693. The molecule has 10 nitrogen and oxygen atoms in total. The van der Waals surface area contributed by atoms with Crippen LogP contribution in [0.25, 0.3) is 11.3 Å². The second-order valence-corrected chi connectivity index (χ2v) is 10.6. The first kappa shape index (κ1) is 30.9. The summed E-state index contributed by atoms with van der Waals surface area (Å²) in [5.74, 6) is 1.59. The monoisotopic (exact) mass is 545 g/mol. The van der Waals surface area contributed by atoms with Gasteiger partial charge in [-0.3, -0.25) is 14.8 Å². The second kappa shape index (κ2) is 15.8. The highest BCUT2D eigenvalue weighted by Crippen LogP contribution is 2.39. The molecule has 1 aliphatic rings. The molecule has 1 aliphatic heterocycles. The van der Waals surface area contributed by atoms with Gasteiger partial charge in [-0.15, -0.1) is 0 Å². The van der Waals surface area contributed by atoms with Crippen molar-refractivity contribution in [2.45, 2.75) is 64.8 Å². The van der Waals surface area contributed by atoms with E-state index in [1.807, 2.05) is 28.9 Å². The molecule has 0 bridgehead atoms. The lowest BCUT2D eigenvalue weighted by Crippen LogP contribution is -2.41. The third-order valence-corrected chi connectivity index (χ3v) is 7.00. The maximum Gasteiger partial charge on any atom is 0.221 e. The highest BCUT2D eigenvalue weighted by molar-refractivity contribution is 5.76. The van der Waals surface area contributed by atoms with Crippen LogP contribution >= 0.6 is 0 Å². The van der Waals surface area contributed by atoms with Crippen LogP contribution in [0.3, 0.4) is 0 Å². The van der Waals surface area contributed by atoms with Gasteiger partial charge in [0.25, 0.3) is 0 Å². The van der Waals surface area contributed by atoms with E-state index >= 15 is 0 Å². The van der Waals surface area contributed by atoms with Crippen LogP contribution < -0.4 is 20.1 Å². The normalized spacial score (nSPS) is 15.8. The van der Waals surface area contributed by atoms with Gasteiger partial charge < -0.3 is 29.5 Å². The van der Waals surface area contributed by atoms with Crippen LogP contribution in [0.2, 0.25) is 0 Å². The quantitative estimate of drug-likeness (QED) is 0.218. The summed E-state index contributed by atoms with van der Waals surface area (Å²) in [6, 6.07) is 7.31. The Labute approximate surface area is 233 Å². The standard InChI is InChI=1S/C29H47N5O5/c1-21(2)20-34-24(28-25(38-4)10-9-11-26(28)39-5)19-23(32-34)29(36)31-22(18-27(35)30-13-17-37-3)12-16-33-14-7-6-8-15-33/h9-11,19,21-22,29,31,36H,6-8,12-18,20H2,1-5H3,(H,30,35)/t22-,29?/m0/s1. The first-order chi connectivity index (χ1) is 18.9. The summed E-state index contributed by atoms with van der Waals surface area (Å²) in [7, 11) is 4.87. The predicted octanol–water partition coefficient (Wildman–Crippen LogP) is 3.20. The van der Waals surface area contributed by atoms with Crippen molar-refractivity contribution in [2.75, 3.05) is 54.1 Å². The van der Waals surface area contributed by atoms with E-state index in [1.165, 1.54) is 19.3 Å². The number of carbonyl (C=O) groups excluding carboxylic acids is 1. The molecule has 1 fully saturated rings. The molecule has 10 heteroatoms. The topological polar surface area (TPSA) is 110 Å². The van der Waals surface area contributed by atoms with E-state index in [4.69, 9.17) is 19.3 Å². The van der Waals surface area contributed by atoms with Crippen LogP contribution in [0.5, 0.6) is 11.5 Å². The number of aromatic nitrogens is 2. The Kier molecular flexibility index (Phi) is 12.5. The van der Waals surface area contributed by atoms with E-state index in [9.17, 15) is 9.90 Å². The van der Waals surface area contributed by atoms with Gasteiger partial charge in [-0.1, -0.05) is 26.3 Å². The Morgan fingerprint density at radius 1 is 1.10 bits per heavy atom. The number of aliphatic hydroxyl groups is 1. The summed E-state index contributed by atoms with van der Waals surface area (Å²) in [5.41, 5.74) is 2.07. The zero-order valence-electron chi connectivity index (χ0n) is 24.2. The predicted molar refractivity (Wildman–Crippen MR) is 152 cm³/mol. The fraction of sp³-hybridized carbons (Fsp3) is 0.655. The first-order valence-electron chi connectivity index (χ1n) is 14.1. The molecular formula is C29H47N5O5. The van der Waals surface area contributed by atoms with Crippen molar-refractivity contribution in [1.82, 2.24) is 25.3 Å². The second-order valence-electron chi connectivity index (χ2n) is 10.6. The first-order valence-corrected chi connectivity index (χ1v) is 14.1. The van der Waals surface area contributed by atoms with E-state index in [1.54, 1.807) is 21.3 Å². The van der Waals surface area contributed by atoms with Gasteiger partial charge >= 0.3 is 0 Å². The summed E-state index contributed by atoms with van der Waals surface area (Å²) in [5, 5.41) is 22.3. The van der Waals surface area contributed by atoms with Gasteiger partial charge in [-0.05, 0) is 63.0 Å². The summed E-state index contributed by atoms with van der Waals surface area (Å²) in [6.45, 7) is 8.86. The molecule has 2 heterocycles. The molecule has 1 saturated heterocycles. The van der Waals surface area contributed by atoms with Gasteiger partial charge in [-0.2, -0.15) is 5.10 Å². The highest BCUT2D eigenvalue weighted by Gasteiger charge is 2.25. The SMILES string of the molecule is COCCNC(=O)C[C@H](CCN1CCCCC1)NC(O)c1cc(-c2c(OC)cccc2OC)n(CC(C)C)n1. The molecule has 1 amide bonds. The number of nitrogens with zero attached hydrogens (tertiary/aromatic N) is 3. The van der Waals surface area contributed by atoms with E-state index in [-0.39, 0.29) is 18.4 Å². The molecule has 1 aromatic carbocycles. The van der Waals surface area contributed by atoms with Crippen molar-refractivity contribution >= 4 is 5.91 Å². The van der Waals surface area contributed by atoms with Crippen molar-refractivity contribution in [2.24, 2.45) is 5.92 Å². The molecule has 0 saturated carbocycles. The van der Waals surface area contributed by atoms with Crippen molar-refractivity contribution in [3.05, 3.63) is 30.0 Å². The lowest BCUT2D eigenvalue weighted by atomic mass is 10.1. The average molecular weight is 546 g/mol. The lowest BCUT2D eigenvalue weighted by Gasteiger charge is -2.29. The van der Waals surface area contributed by atoms with Crippen LogP contribution in [0, 0.1) is 5.92 Å². The van der Waals surface area contributed by atoms with Crippen molar-refractivity contribution in [3.63, 3.8) is 0 Å². The highest BCUT2D eigenvalue weighted by atomic mass is 16.5. The number of ether oxygens (including phenoxy) is 3. The minimum Gasteiger partial charge on any atom is -0.496 e. The Hall–Kier alpha value is -2.66. The molecule has 218 valence electrons. The zero-order chi connectivity index (χ0) is 28.2. The number of carbonyl (C=O) groups is 1. The Bertz CT molecular complexity index is 999. The van der Waals surface area contributed by atoms with Crippen molar-refractivity contribution < 1.29 is 24.1 Å². The maximum absolute atomic E-state index is 12.7. The third-order valence-electron chi connectivity index (χ3n) is 7.00. The maximum atomic E-state index is 12.7. The van der Waals surface area contributed by atoms with Crippen LogP contribution in [-0.2, 0) is 16.1 Å². The number of rotatable bonds is 16. The van der Waals surface area contributed by atoms with Gasteiger partial charge in [0.1, 0.15) is 23.4 Å². The van der Waals surface area contributed by atoms with Gasteiger partial charge in [0.2, 0.25) is 5.91 Å². The Morgan fingerprint density at radius 2 is 1.79 bits per heavy atom. The van der Waals surface area contributed by atoms with Crippen LogP contribution in [0.1, 0.15) is 57.9 Å². The van der Waals surface area contributed by atoms with Gasteiger partial charge in [-0.25, -0.2) is 0 Å². The van der Waals surface area contributed by atoms with Crippen molar-refractivity contribution in [3.8, 4) is 22.8 Å².